The summed E-state index contributed by atoms with van der Waals surface area (Å²) in [5.41, 5.74) is 1.33. The third-order valence-electron chi connectivity index (χ3n) is 0.766. The Bertz CT molecular complexity index is 88.1. The third-order valence-corrected chi connectivity index (χ3v) is 1.64. The van der Waals surface area contributed by atoms with Gasteiger partial charge in [0.25, 0.3) is 0 Å². The van der Waals surface area contributed by atoms with Gasteiger partial charge in [0, 0.05) is 0 Å². The van der Waals surface area contributed by atoms with Crippen LogP contribution in [-0.4, -0.2) is 12.5 Å². The lowest BCUT2D eigenvalue weighted by Gasteiger charge is -2.07. The van der Waals surface area contributed by atoms with Gasteiger partial charge in [-0.15, -0.1) is 11.8 Å². The quantitative estimate of drug-likeness (QED) is 0.475. The molecule has 0 aromatic rings. The molecular weight excluding hydrogens is 108 g/mol. The average molecular weight is 116 g/mol. The van der Waals surface area contributed by atoms with Crippen LogP contribution in [0, 0.1) is 0 Å². The Morgan fingerprint density at radius 3 is 3.00 bits per heavy atom. The first-order valence-electron chi connectivity index (χ1n) is 2.24. The molecule has 0 saturated heterocycles. The normalized spacial score (nSPS) is 21.6. The highest BCUT2D eigenvalue weighted by molar-refractivity contribution is 8.02. The van der Waals surface area contributed by atoms with Gasteiger partial charge < -0.3 is 4.74 Å². The molecule has 0 aromatic heterocycles. The molecular formula is C5H8OS. The van der Waals surface area contributed by atoms with Gasteiger partial charge in [-0.25, -0.2) is 0 Å². The van der Waals surface area contributed by atoms with Crippen LogP contribution in [0.25, 0.3) is 0 Å². The first-order valence-corrected chi connectivity index (χ1v) is 3.29. The van der Waals surface area contributed by atoms with Crippen LogP contribution in [-0.2, 0) is 4.74 Å². The van der Waals surface area contributed by atoms with Crippen molar-refractivity contribution in [2.75, 3.05) is 12.5 Å². The monoisotopic (exact) mass is 116 g/mol. The van der Waals surface area contributed by atoms with Gasteiger partial charge >= 0.3 is 0 Å². The molecule has 7 heavy (non-hydrogen) atoms. The molecule has 1 aliphatic heterocycles. The predicted octanol–water partition coefficient (Wildman–Crippen LogP) is 1.61. The molecule has 0 spiro atoms. The lowest BCUT2D eigenvalue weighted by atomic mass is 10.4. The van der Waals surface area contributed by atoms with Gasteiger partial charge in [-0.3, -0.25) is 0 Å². The second kappa shape index (κ2) is 2.38. The van der Waals surface area contributed by atoms with Gasteiger partial charge in [-0.2, -0.15) is 0 Å². The third kappa shape index (κ3) is 1.53. The second-order valence-electron chi connectivity index (χ2n) is 1.60. The van der Waals surface area contributed by atoms with Crippen LogP contribution in [0.3, 0.4) is 0 Å². The lowest BCUT2D eigenvalue weighted by molar-refractivity contribution is 0.206. The number of hydrogen-bond acceptors (Lipinski definition) is 2. The van der Waals surface area contributed by atoms with Crippen molar-refractivity contribution >= 4 is 11.8 Å². The molecule has 40 valence electrons. The van der Waals surface area contributed by atoms with E-state index < -0.39 is 0 Å². The van der Waals surface area contributed by atoms with Crippen LogP contribution in [0.2, 0.25) is 0 Å². The van der Waals surface area contributed by atoms with Gasteiger partial charge in [0.2, 0.25) is 0 Å². The molecule has 0 radical (unpaired) electrons. The molecule has 2 heteroatoms. The van der Waals surface area contributed by atoms with Crippen molar-refractivity contribution < 1.29 is 4.74 Å². The summed E-state index contributed by atoms with van der Waals surface area (Å²) in [5, 5.41) is 2.14. The molecule has 0 bridgehead atoms. The van der Waals surface area contributed by atoms with Gasteiger partial charge in [-0.05, 0) is 17.9 Å². The maximum atomic E-state index is 5.08. The van der Waals surface area contributed by atoms with Crippen LogP contribution >= 0.6 is 11.8 Å². The average Bonchev–Trinajstić information content (AvgIpc) is 1.69. The number of thioether (sulfide) groups is 1. The molecule has 0 N–H and O–H groups in total. The highest BCUT2D eigenvalue weighted by atomic mass is 32.2. The zero-order valence-corrected chi connectivity index (χ0v) is 5.12. The first kappa shape index (κ1) is 5.19. The molecule has 0 fully saturated rings. The second-order valence-corrected chi connectivity index (χ2v) is 2.40. The van der Waals surface area contributed by atoms with Crippen molar-refractivity contribution in [3.63, 3.8) is 0 Å². The van der Waals surface area contributed by atoms with E-state index in [0.29, 0.717) is 0 Å². The smallest absolute Gasteiger partial charge is 0.0965 e. The Hall–Kier alpha value is 0.0500. The van der Waals surface area contributed by atoms with Crippen molar-refractivity contribution in [3.8, 4) is 0 Å². The van der Waals surface area contributed by atoms with Crippen molar-refractivity contribution in [2.45, 2.75) is 6.92 Å². The first-order chi connectivity index (χ1) is 3.39. The minimum absolute atomic E-state index is 0.826. The number of rotatable bonds is 0. The summed E-state index contributed by atoms with van der Waals surface area (Å²) in [6, 6.07) is 0. The largest absolute Gasteiger partial charge is 0.366 e. The fraction of sp³-hybridized carbons (Fsp3) is 0.600. The van der Waals surface area contributed by atoms with Gasteiger partial charge in [0.15, 0.2) is 0 Å². The predicted molar refractivity (Wildman–Crippen MR) is 32.2 cm³/mol. The molecule has 0 aromatic carbocycles. The van der Waals surface area contributed by atoms with Crippen LogP contribution in [0.5, 0.6) is 0 Å². The summed E-state index contributed by atoms with van der Waals surface area (Å²) < 4.78 is 5.08. The van der Waals surface area contributed by atoms with Crippen LogP contribution in [0.4, 0.5) is 0 Å². The summed E-state index contributed by atoms with van der Waals surface area (Å²) in [4.78, 5) is 0. The van der Waals surface area contributed by atoms with E-state index in [4.69, 9.17) is 4.74 Å². The summed E-state index contributed by atoms with van der Waals surface area (Å²) in [6.07, 6.45) is 0. The van der Waals surface area contributed by atoms with E-state index in [1.54, 1.807) is 11.8 Å². The summed E-state index contributed by atoms with van der Waals surface area (Å²) in [6.45, 7) is 2.90. The van der Waals surface area contributed by atoms with Crippen molar-refractivity contribution in [1.82, 2.24) is 0 Å². The van der Waals surface area contributed by atoms with E-state index in [-0.39, 0.29) is 0 Å². The van der Waals surface area contributed by atoms with Gasteiger partial charge in [-0.1, -0.05) is 0 Å². The van der Waals surface area contributed by atoms with Crippen molar-refractivity contribution in [1.29, 1.82) is 0 Å². The fourth-order valence-electron chi connectivity index (χ4n) is 0.461. The summed E-state index contributed by atoms with van der Waals surface area (Å²) >= 11 is 1.72. The summed E-state index contributed by atoms with van der Waals surface area (Å²) in [5.74, 6) is 0.831. The molecule has 0 unspecified atom stereocenters. The van der Waals surface area contributed by atoms with E-state index in [1.807, 2.05) is 0 Å². The maximum absolute atomic E-state index is 5.08. The maximum Gasteiger partial charge on any atom is 0.0965 e. The molecule has 1 nitrogen and oxygen atoms in total. The standard InChI is InChI=1S/C5H8OS/c1-5-2-6-4-7-3-5/h3H,2,4H2,1H3. The van der Waals surface area contributed by atoms with E-state index >= 15 is 0 Å². The van der Waals surface area contributed by atoms with E-state index in [2.05, 4.69) is 12.3 Å². The Kier molecular flexibility index (Phi) is 1.77. The topological polar surface area (TPSA) is 9.23 Å². The fourth-order valence-corrected chi connectivity index (χ4v) is 1.06. The molecule has 1 aliphatic rings. The SMILES string of the molecule is CC1=CSCOC1. The lowest BCUT2D eigenvalue weighted by Crippen LogP contribution is -1.98. The summed E-state index contributed by atoms with van der Waals surface area (Å²) in [7, 11) is 0. The van der Waals surface area contributed by atoms with Crippen LogP contribution in [0.15, 0.2) is 11.0 Å². The van der Waals surface area contributed by atoms with Crippen molar-refractivity contribution in [3.05, 3.63) is 11.0 Å². The number of hydrogen-bond donors (Lipinski definition) is 0. The molecule has 1 heterocycles. The Morgan fingerprint density at radius 2 is 2.71 bits per heavy atom. The molecule has 0 saturated carbocycles. The van der Waals surface area contributed by atoms with E-state index in [9.17, 15) is 0 Å². The van der Waals surface area contributed by atoms with Gasteiger partial charge in [0.05, 0.1) is 12.5 Å². The highest BCUT2D eigenvalue weighted by Gasteiger charge is 1.95. The van der Waals surface area contributed by atoms with E-state index in [0.717, 1.165) is 12.5 Å². The Morgan fingerprint density at radius 1 is 1.86 bits per heavy atom. The zero-order valence-electron chi connectivity index (χ0n) is 4.31. The Balaban J connectivity index is 2.40. The minimum Gasteiger partial charge on any atom is -0.366 e. The van der Waals surface area contributed by atoms with Crippen molar-refractivity contribution in [2.24, 2.45) is 0 Å². The zero-order chi connectivity index (χ0) is 5.11. The van der Waals surface area contributed by atoms with Crippen LogP contribution < -0.4 is 0 Å². The van der Waals surface area contributed by atoms with E-state index in [1.165, 1.54) is 5.57 Å². The molecule has 0 amide bonds. The molecule has 0 atom stereocenters. The van der Waals surface area contributed by atoms with Crippen LogP contribution in [0.1, 0.15) is 6.92 Å². The van der Waals surface area contributed by atoms with Gasteiger partial charge in [0.1, 0.15) is 0 Å². The molecule has 1 rings (SSSR count). The minimum atomic E-state index is 0.826. The number of ether oxygens (including phenoxy) is 1. The molecule has 0 aliphatic carbocycles. The Labute approximate surface area is 47.7 Å². The highest BCUT2D eigenvalue weighted by Crippen LogP contribution is 2.12.